The molecule has 0 radical (unpaired) electrons. The number of aromatic nitrogens is 1. The highest BCUT2D eigenvalue weighted by Gasteiger charge is 2.26. The number of carbonyl (C=O) groups excluding carboxylic acids is 2. The van der Waals surface area contributed by atoms with E-state index in [0.717, 1.165) is 10.0 Å². The van der Waals surface area contributed by atoms with E-state index in [1.165, 1.54) is 35.6 Å². The van der Waals surface area contributed by atoms with Gasteiger partial charge in [-0.3, -0.25) is 15.4 Å². The number of hydrogen-bond acceptors (Lipinski definition) is 10. The van der Waals surface area contributed by atoms with Gasteiger partial charge in [-0.15, -0.1) is 0 Å². The van der Waals surface area contributed by atoms with E-state index in [1.807, 2.05) is 48.5 Å². The highest BCUT2D eigenvalue weighted by atomic mass is 32.2. The van der Waals surface area contributed by atoms with Crippen molar-refractivity contribution in [3.8, 4) is 16.2 Å². The SMILES string of the molecule is C=S(=O)(NC(C)(C)C)c1cc(NC(=O)Oc2ccc([N+](=O)[O-])cc2)ccc1-c1cnc(N2CCC(OC(N)=O)CC2)s1.CC.CC. The van der Waals surface area contributed by atoms with Crippen molar-refractivity contribution in [2.45, 2.75) is 77.8 Å². The van der Waals surface area contributed by atoms with E-state index in [-0.39, 0.29) is 17.5 Å². The minimum atomic E-state index is -3.06. The fraction of sp³-hybridized carbons (Fsp3) is 0.419. The Morgan fingerprint density at radius 2 is 1.72 bits per heavy atom. The second-order valence-electron chi connectivity index (χ2n) is 10.6. The van der Waals surface area contributed by atoms with E-state index in [0.29, 0.717) is 42.1 Å². The summed E-state index contributed by atoms with van der Waals surface area (Å²) in [6.45, 7) is 14.9. The highest BCUT2D eigenvalue weighted by Crippen LogP contribution is 2.37. The number of carbonyl (C=O) groups is 2. The van der Waals surface area contributed by atoms with Crippen molar-refractivity contribution >= 4 is 55.6 Å². The Morgan fingerprint density at radius 3 is 2.26 bits per heavy atom. The largest absolute Gasteiger partial charge is 0.446 e. The van der Waals surface area contributed by atoms with Crippen molar-refractivity contribution in [2.24, 2.45) is 5.73 Å². The summed E-state index contributed by atoms with van der Waals surface area (Å²) in [5.41, 5.74) is 5.42. The van der Waals surface area contributed by atoms with Crippen molar-refractivity contribution in [2.75, 3.05) is 23.3 Å². The van der Waals surface area contributed by atoms with Gasteiger partial charge >= 0.3 is 12.2 Å². The second kappa shape index (κ2) is 16.9. The standard InChI is InChI=1S/C27H32N6O7S2.2C2H6/c1-27(2,3)31-42(4,38)23-15-17(30-26(35)40-19-8-6-18(7-9-19)33(36)37)5-10-21(23)22-16-29-25(41-22)32-13-11-20(12-14-32)39-24(28)34;2*1-2/h5-10,15-16,20H,4,11-14H2,1-3H3,(H2,28,34)(H,30,35)(H,31,38);2*1-2H3. The van der Waals surface area contributed by atoms with Crippen molar-refractivity contribution < 1.29 is 28.2 Å². The average Bonchev–Trinajstić information content (AvgIpc) is 3.49. The Labute approximate surface area is 274 Å². The van der Waals surface area contributed by atoms with E-state index in [1.54, 1.807) is 24.4 Å². The molecule has 0 aliphatic carbocycles. The molecule has 2 amide bonds. The number of nitrogens with one attached hydrogen (secondary N) is 2. The zero-order chi connectivity index (χ0) is 34.7. The van der Waals surface area contributed by atoms with E-state index in [4.69, 9.17) is 15.2 Å². The second-order valence-corrected chi connectivity index (χ2v) is 13.6. The summed E-state index contributed by atoms with van der Waals surface area (Å²) < 4.78 is 27.4. The fourth-order valence-electron chi connectivity index (χ4n) is 4.38. The van der Waals surface area contributed by atoms with Crippen molar-refractivity contribution in [3.63, 3.8) is 0 Å². The van der Waals surface area contributed by atoms with Gasteiger partial charge in [0.15, 0.2) is 5.13 Å². The lowest BCUT2D eigenvalue weighted by molar-refractivity contribution is -0.384. The Balaban J connectivity index is 0.00000177. The van der Waals surface area contributed by atoms with Crippen LogP contribution in [0, 0.1) is 10.1 Å². The van der Waals surface area contributed by atoms with E-state index in [9.17, 15) is 23.9 Å². The number of nitrogens with two attached hydrogens (primary N) is 1. The molecule has 0 spiro atoms. The molecule has 46 heavy (non-hydrogen) atoms. The van der Waals surface area contributed by atoms with Gasteiger partial charge in [0, 0.05) is 61.1 Å². The maximum Gasteiger partial charge on any atom is 0.417 e. The molecule has 13 nitrogen and oxygen atoms in total. The van der Waals surface area contributed by atoms with Gasteiger partial charge in [-0.25, -0.2) is 23.5 Å². The monoisotopic (exact) mass is 676 g/mol. The molecule has 4 N–H and O–H groups in total. The number of nitro groups is 1. The molecule has 1 aromatic heterocycles. The van der Waals surface area contributed by atoms with Crippen molar-refractivity contribution in [1.82, 2.24) is 9.71 Å². The zero-order valence-corrected chi connectivity index (χ0v) is 29.0. The lowest BCUT2D eigenvalue weighted by Gasteiger charge is -2.30. The Morgan fingerprint density at radius 1 is 1.11 bits per heavy atom. The molecule has 2 heterocycles. The summed E-state index contributed by atoms with van der Waals surface area (Å²) in [6.07, 6.45) is 1.12. The molecule has 252 valence electrons. The molecule has 1 saturated heterocycles. The zero-order valence-electron chi connectivity index (χ0n) is 27.3. The van der Waals surface area contributed by atoms with Gasteiger partial charge in [-0.05, 0) is 50.9 Å². The molecular weight excluding hydrogens is 633 g/mol. The van der Waals surface area contributed by atoms with E-state index < -0.39 is 32.4 Å². The lowest BCUT2D eigenvalue weighted by Crippen LogP contribution is -2.40. The van der Waals surface area contributed by atoms with Gasteiger partial charge in [-0.2, -0.15) is 0 Å². The van der Waals surface area contributed by atoms with E-state index in [2.05, 4.69) is 25.8 Å². The molecule has 1 fully saturated rings. The van der Waals surface area contributed by atoms with Crippen LogP contribution >= 0.6 is 11.3 Å². The third kappa shape index (κ3) is 11.0. The number of amides is 2. The summed E-state index contributed by atoms with van der Waals surface area (Å²) in [5.74, 6) is 4.11. The first-order chi connectivity index (χ1) is 21.7. The maximum atomic E-state index is 13.9. The van der Waals surface area contributed by atoms with Gasteiger partial charge in [-0.1, -0.05) is 45.1 Å². The van der Waals surface area contributed by atoms with Crippen LogP contribution in [-0.4, -0.2) is 56.9 Å². The quantitative estimate of drug-likeness (QED) is 0.131. The third-order valence-electron chi connectivity index (χ3n) is 6.07. The summed E-state index contributed by atoms with van der Waals surface area (Å²) in [5, 5.41) is 14.2. The number of nitrogens with zero attached hydrogens (tertiary/aromatic N) is 3. The number of thiazole rings is 1. The van der Waals surface area contributed by atoms with Gasteiger partial charge in [0.1, 0.15) is 11.9 Å². The number of non-ortho nitro benzene ring substituents is 1. The molecule has 1 aliphatic heterocycles. The minimum Gasteiger partial charge on any atom is -0.446 e. The summed E-state index contributed by atoms with van der Waals surface area (Å²) in [4.78, 5) is 41.8. The lowest BCUT2D eigenvalue weighted by atomic mass is 10.1. The first kappa shape index (κ1) is 38.0. The normalized spacial score (nSPS) is 14.4. The van der Waals surface area contributed by atoms with Crippen LogP contribution in [0.2, 0.25) is 0 Å². The van der Waals surface area contributed by atoms with Crippen LogP contribution in [0.15, 0.2) is 53.6 Å². The van der Waals surface area contributed by atoms with Crippen molar-refractivity contribution in [3.05, 3.63) is 58.8 Å². The van der Waals surface area contributed by atoms with Crippen LogP contribution in [0.1, 0.15) is 61.3 Å². The molecule has 0 saturated carbocycles. The third-order valence-corrected chi connectivity index (χ3v) is 9.15. The van der Waals surface area contributed by atoms with Crippen LogP contribution in [0.5, 0.6) is 5.75 Å². The number of ether oxygens (including phenoxy) is 2. The number of benzene rings is 2. The number of rotatable bonds is 8. The summed E-state index contributed by atoms with van der Waals surface area (Å²) in [7, 11) is -3.06. The average molecular weight is 677 g/mol. The molecule has 4 rings (SSSR count). The topological polar surface area (TPSA) is 179 Å². The molecule has 1 aliphatic rings. The predicted molar refractivity (Wildman–Crippen MR) is 185 cm³/mol. The molecule has 0 bridgehead atoms. The van der Waals surface area contributed by atoms with Gasteiger partial charge < -0.3 is 20.1 Å². The molecule has 1 unspecified atom stereocenters. The first-order valence-corrected chi connectivity index (χ1v) is 17.5. The number of anilines is 2. The number of nitro benzene ring substituents is 1. The number of hydrogen-bond donors (Lipinski definition) is 3. The Kier molecular flexibility index (Phi) is 14.0. The maximum absolute atomic E-state index is 13.9. The molecule has 15 heteroatoms. The van der Waals surface area contributed by atoms with Crippen LogP contribution in [-0.2, 0) is 14.4 Å². The first-order valence-electron chi connectivity index (χ1n) is 14.9. The van der Waals surface area contributed by atoms with Crippen LogP contribution in [0.25, 0.3) is 10.4 Å². The smallest absolute Gasteiger partial charge is 0.417 e. The summed E-state index contributed by atoms with van der Waals surface area (Å²) >= 11 is 1.42. The highest BCUT2D eigenvalue weighted by molar-refractivity contribution is 7.98. The van der Waals surface area contributed by atoms with E-state index >= 15 is 0 Å². The Bertz CT molecular complexity index is 1580. The number of primary amides is 1. The Hall–Kier alpha value is -4.21. The summed E-state index contributed by atoms with van der Waals surface area (Å²) in [6, 6.07) is 10.0. The number of piperidine rings is 1. The van der Waals surface area contributed by atoms with Gasteiger partial charge in [0.05, 0.1) is 24.4 Å². The molecule has 1 atom stereocenters. The van der Waals surface area contributed by atoms with Crippen LogP contribution < -0.4 is 25.4 Å². The fourth-order valence-corrected chi connectivity index (χ4v) is 7.40. The van der Waals surface area contributed by atoms with Gasteiger partial charge in [0.2, 0.25) is 0 Å². The van der Waals surface area contributed by atoms with Crippen LogP contribution in [0.4, 0.5) is 26.1 Å². The predicted octanol–water partition coefficient (Wildman–Crippen LogP) is 6.82. The van der Waals surface area contributed by atoms with Gasteiger partial charge in [0.25, 0.3) is 5.69 Å². The van der Waals surface area contributed by atoms with Crippen LogP contribution in [0.3, 0.4) is 0 Å². The minimum absolute atomic E-state index is 0.118. The van der Waals surface area contributed by atoms with Crippen molar-refractivity contribution in [1.29, 1.82) is 0 Å². The molecule has 2 aromatic carbocycles. The molecule has 3 aromatic rings. The molecular formula is C31H44N6O7S2.